The Morgan fingerprint density at radius 2 is 1.43 bits per heavy atom. The van der Waals surface area contributed by atoms with Gasteiger partial charge in [-0.2, -0.15) is 26.3 Å². The van der Waals surface area contributed by atoms with Crippen LogP contribution in [-0.2, 0) is 17.1 Å². The lowest BCUT2D eigenvalue weighted by atomic mass is 9.94. The van der Waals surface area contributed by atoms with Crippen LogP contribution in [-0.4, -0.2) is 41.8 Å². The molecule has 202 valence electrons. The molecule has 2 N–H and O–H groups in total. The van der Waals surface area contributed by atoms with Crippen LogP contribution in [0, 0.1) is 5.82 Å². The van der Waals surface area contributed by atoms with E-state index in [0.717, 1.165) is 0 Å². The number of hydrogen-bond donors (Lipinski definition) is 2. The standard InChI is InChI=1S/C24H24F7N3O3/c1-22(2,3)37-21(36)34-11-18(13-4-6-16(25)7-5-13)19(12-34)33-20(35)32-17-9-14(23(26,27)28)8-15(10-17)24(29,30)31/h4-10,18-19H,11-12H2,1-3H3,(H2,32,33,35)/t18-,19+/m1/s1. The van der Waals surface area contributed by atoms with Gasteiger partial charge in [0.15, 0.2) is 0 Å². The molecule has 37 heavy (non-hydrogen) atoms. The molecule has 1 aliphatic rings. The number of carbonyl (C=O) groups excluding carboxylic acids is 2. The van der Waals surface area contributed by atoms with E-state index >= 15 is 0 Å². The number of urea groups is 1. The second-order valence-electron chi connectivity index (χ2n) is 9.54. The maximum absolute atomic E-state index is 13.4. The zero-order valence-corrected chi connectivity index (χ0v) is 19.9. The lowest BCUT2D eigenvalue weighted by Gasteiger charge is -2.24. The molecule has 0 bridgehead atoms. The van der Waals surface area contributed by atoms with E-state index in [4.69, 9.17) is 4.74 Å². The van der Waals surface area contributed by atoms with Gasteiger partial charge in [-0.25, -0.2) is 14.0 Å². The van der Waals surface area contributed by atoms with Crippen LogP contribution in [0.4, 0.5) is 46.0 Å². The largest absolute Gasteiger partial charge is 0.444 e. The average molecular weight is 535 g/mol. The summed E-state index contributed by atoms with van der Waals surface area (Å²) in [6.07, 6.45) is -10.8. The molecule has 0 aromatic heterocycles. The van der Waals surface area contributed by atoms with Gasteiger partial charge >= 0.3 is 24.5 Å². The topological polar surface area (TPSA) is 70.7 Å². The summed E-state index contributed by atoms with van der Waals surface area (Å²) >= 11 is 0. The van der Waals surface area contributed by atoms with Crippen molar-refractivity contribution >= 4 is 17.8 Å². The van der Waals surface area contributed by atoms with Crippen molar-refractivity contribution in [2.24, 2.45) is 0 Å². The van der Waals surface area contributed by atoms with Gasteiger partial charge in [-0.3, -0.25) is 0 Å². The van der Waals surface area contributed by atoms with Crippen LogP contribution in [0.25, 0.3) is 0 Å². The molecule has 6 nitrogen and oxygen atoms in total. The number of hydrogen-bond acceptors (Lipinski definition) is 3. The van der Waals surface area contributed by atoms with Gasteiger partial charge in [-0.1, -0.05) is 12.1 Å². The maximum Gasteiger partial charge on any atom is 0.416 e. The molecule has 0 saturated carbocycles. The second kappa shape index (κ2) is 10.1. The van der Waals surface area contributed by atoms with Crippen molar-refractivity contribution in [1.29, 1.82) is 0 Å². The smallest absolute Gasteiger partial charge is 0.416 e. The van der Waals surface area contributed by atoms with Crippen molar-refractivity contribution in [3.8, 4) is 0 Å². The number of carbonyl (C=O) groups is 2. The molecule has 2 atom stereocenters. The molecular weight excluding hydrogens is 511 g/mol. The van der Waals surface area contributed by atoms with E-state index < -0.39 is 64.7 Å². The van der Waals surface area contributed by atoms with Crippen LogP contribution in [0.5, 0.6) is 0 Å². The molecule has 3 amide bonds. The minimum atomic E-state index is -5.08. The zero-order valence-electron chi connectivity index (χ0n) is 19.9. The van der Waals surface area contributed by atoms with Crippen LogP contribution < -0.4 is 10.6 Å². The first kappa shape index (κ1) is 28.1. The number of anilines is 1. The average Bonchev–Trinajstić information content (AvgIpc) is 3.15. The third-order valence-electron chi connectivity index (χ3n) is 5.43. The summed E-state index contributed by atoms with van der Waals surface area (Å²) in [5.74, 6) is -1.08. The summed E-state index contributed by atoms with van der Waals surface area (Å²) in [6, 6.07) is 4.08. The highest BCUT2D eigenvalue weighted by Crippen LogP contribution is 2.37. The molecule has 0 spiro atoms. The number of nitrogens with one attached hydrogen (secondary N) is 2. The van der Waals surface area contributed by atoms with Gasteiger partial charge in [-0.15, -0.1) is 0 Å². The van der Waals surface area contributed by atoms with Gasteiger partial charge in [-0.05, 0) is 56.7 Å². The summed E-state index contributed by atoms with van der Waals surface area (Å²) < 4.78 is 97.6. The highest BCUT2D eigenvalue weighted by atomic mass is 19.4. The van der Waals surface area contributed by atoms with E-state index in [1.807, 2.05) is 5.32 Å². The Labute approximate surface area is 207 Å². The Bertz CT molecular complexity index is 1110. The van der Waals surface area contributed by atoms with Crippen LogP contribution in [0.15, 0.2) is 42.5 Å². The highest BCUT2D eigenvalue weighted by molar-refractivity contribution is 5.90. The zero-order chi connectivity index (χ0) is 27.8. The van der Waals surface area contributed by atoms with Gasteiger partial charge < -0.3 is 20.3 Å². The minimum Gasteiger partial charge on any atom is -0.444 e. The summed E-state index contributed by atoms with van der Waals surface area (Å²) in [7, 11) is 0. The molecule has 1 saturated heterocycles. The Kier molecular flexibility index (Phi) is 7.66. The predicted octanol–water partition coefficient (Wildman–Crippen LogP) is 6.39. The van der Waals surface area contributed by atoms with E-state index in [9.17, 15) is 40.3 Å². The predicted molar refractivity (Wildman–Crippen MR) is 119 cm³/mol. The van der Waals surface area contributed by atoms with Gasteiger partial charge in [0.05, 0.1) is 17.2 Å². The van der Waals surface area contributed by atoms with Crippen molar-refractivity contribution in [2.45, 2.75) is 50.7 Å². The summed E-state index contributed by atoms with van der Waals surface area (Å²) in [4.78, 5) is 26.5. The van der Waals surface area contributed by atoms with Gasteiger partial charge in [0.1, 0.15) is 11.4 Å². The number of rotatable bonds is 3. The quantitative estimate of drug-likeness (QED) is 0.448. The Balaban J connectivity index is 1.83. The van der Waals surface area contributed by atoms with E-state index in [1.165, 1.54) is 29.2 Å². The van der Waals surface area contributed by atoms with Crippen LogP contribution in [0.3, 0.4) is 0 Å². The van der Waals surface area contributed by atoms with Gasteiger partial charge in [0, 0.05) is 24.7 Å². The highest BCUT2D eigenvalue weighted by Gasteiger charge is 2.40. The number of nitrogens with zero attached hydrogens (tertiary/aromatic N) is 1. The fraction of sp³-hybridized carbons (Fsp3) is 0.417. The first-order chi connectivity index (χ1) is 16.9. The first-order valence-electron chi connectivity index (χ1n) is 11.0. The van der Waals surface area contributed by atoms with Gasteiger partial charge in [0.2, 0.25) is 0 Å². The van der Waals surface area contributed by atoms with E-state index in [-0.39, 0.29) is 19.2 Å². The monoisotopic (exact) mass is 535 g/mol. The molecule has 0 aliphatic carbocycles. The molecule has 13 heteroatoms. The van der Waals surface area contributed by atoms with Crippen molar-refractivity contribution in [2.75, 3.05) is 18.4 Å². The van der Waals surface area contributed by atoms with Crippen LogP contribution >= 0.6 is 0 Å². The molecule has 0 unspecified atom stereocenters. The summed E-state index contributed by atoms with van der Waals surface area (Å²) in [5, 5.41) is 4.51. The third-order valence-corrected chi connectivity index (χ3v) is 5.43. The van der Waals surface area contributed by atoms with Crippen molar-refractivity contribution in [3.05, 3.63) is 65.0 Å². The molecule has 1 aliphatic heterocycles. The van der Waals surface area contributed by atoms with Crippen LogP contribution in [0.2, 0.25) is 0 Å². The number of ether oxygens (including phenoxy) is 1. The molecule has 3 rings (SSSR count). The second-order valence-corrected chi connectivity index (χ2v) is 9.54. The number of likely N-dealkylation sites (tertiary alicyclic amines) is 1. The SMILES string of the molecule is CC(C)(C)OC(=O)N1C[C@H](NC(=O)Nc2cc(C(F)(F)F)cc(C(F)(F)F)c2)[C@@H](c2ccc(F)cc2)C1. The van der Waals surface area contributed by atoms with Crippen LogP contribution in [0.1, 0.15) is 43.4 Å². The number of halogens is 7. The van der Waals surface area contributed by atoms with Gasteiger partial charge in [0.25, 0.3) is 0 Å². The number of amides is 3. The molecule has 1 heterocycles. The third kappa shape index (κ3) is 7.49. The lowest BCUT2D eigenvalue weighted by molar-refractivity contribution is -0.143. The molecular formula is C24H24F7N3O3. The first-order valence-corrected chi connectivity index (χ1v) is 11.0. The van der Waals surface area contributed by atoms with Crippen molar-refractivity contribution in [3.63, 3.8) is 0 Å². The fourth-order valence-corrected chi connectivity index (χ4v) is 3.84. The molecule has 0 radical (unpaired) electrons. The normalized spacial score (nSPS) is 18.5. The van der Waals surface area contributed by atoms with Crippen molar-refractivity contribution < 1.29 is 45.1 Å². The fourth-order valence-electron chi connectivity index (χ4n) is 3.84. The Hall–Kier alpha value is -3.51. The lowest BCUT2D eigenvalue weighted by Crippen LogP contribution is -2.43. The van der Waals surface area contributed by atoms with E-state index in [0.29, 0.717) is 17.7 Å². The summed E-state index contributed by atoms with van der Waals surface area (Å²) in [5.41, 5.74) is -4.15. The summed E-state index contributed by atoms with van der Waals surface area (Å²) in [6.45, 7) is 4.97. The van der Waals surface area contributed by atoms with E-state index in [1.54, 1.807) is 20.8 Å². The Morgan fingerprint density at radius 3 is 1.92 bits per heavy atom. The molecule has 2 aromatic carbocycles. The van der Waals surface area contributed by atoms with Crippen molar-refractivity contribution in [1.82, 2.24) is 10.2 Å². The molecule has 1 fully saturated rings. The Morgan fingerprint density at radius 1 is 0.892 bits per heavy atom. The number of benzene rings is 2. The number of alkyl halides is 6. The molecule has 2 aromatic rings. The maximum atomic E-state index is 13.4. The van der Waals surface area contributed by atoms with E-state index in [2.05, 4.69) is 5.32 Å². The minimum absolute atomic E-state index is 0.0523.